The molecule has 76 valence electrons. The maximum Gasteiger partial charge on any atom is 0.336 e. The predicted molar refractivity (Wildman–Crippen MR) is 56.0 cm³/mol. The van der Waals surface area contributed by atoms with Crippen molar-refractivity contribution in [3.05, 3.63) is 40.9 Å². The molecule has 0 atom stereocenters. The van der Waals surface area contributed by atoms with Crippen LogP contribution in [0.25, 0.3) is 5.69 Å². The van der Waals surface area contributed by atoms with Crippen molar-refractivity contribution in [2.45, 2.75) is 0 Å². The molecule has 0 aliphatic rings. The molecule has 15 heavy (non-hydrogen) atoms. The minimum atomic E-state index is -0.983. The molecule has 5 nitrogen and oxygen atoms in total. The fourth-order valence-corrected chi connectivity index (χ4v) is 1.58. The van der Waals surface area contributed by atoms with Crippen molar-refractivity contribution in [3.8, 4) is 5.69 Å². The maximum absolute atomic E-state index is 10.9. The van der Waals surface area contributed by atoms with Crippen molar-refractivity contribution in [1.29, 1.82) is 0 Å². The summed E-state index contributed by atoms with van der Waals surface area (Å²) >= 11 is 3.17. The van der Waals surface area contributed by atoms with Crippen molar-refractivity contribution in [2.75, 3.05) is 0 Å². The van der Waals surface area contributed by atoms with Gasteiger partial charge in [-0.15, -0.1) is 0 Å². The number of aromatic carboxylic acids is 1. The molecule has 1 N–H and O–H groups in total. The fourth-order valence-electron chi connectivity index (χ4n) is 1.16. The second-order valence-electron chi connectivity index (χ2n) is 2.81. The summed E-state index contributed by atoms with van der Waals surface area (Å²) in [4.78, 5) is 14.7. The van der Waals surface area contributed by atoms with E-state index in [2.05, 4.69) is 26.0 Å². The molecule has 0 radical (unpaired) electrons. The Bertz CT molecular complexity index is 496. The van der Waals surface area contributed by atoms with E-state index in [1.165, 1.54) is 23.4 Å². The van der Waals surface area contributed by atoms with E-state index < -0.39 is 5.97 Å². The lowest BCUT2D eigenvalue weighted by atomic mass is 10.2. The molecule has 1 aromatic carbocycles. The number of rotatable bonds is 2. The highest BCUT2D eigenvalue weighted by molar-refractivity contribution is 9.10. The summed E-state index contributed by atoms with van der Waals surface area (Å²) in [6.45, 7) is 0. The van der Waals surface area contributed by atoms with Crippen molar-refractivity contribution in [3.63, 3.8) is 0 Å². The second-order valence-corrected chi connectivity index (χ2v) is 3.66. The molecule has 1 aromatic heterocycles. The number of nitrogens with zero attached hydrogens (tertiary/aromatic N) is 3. The SMILES string of the molecule is O=C(O)c1cc(-n2cncn2)ccc1Br. The van der Waals surface area contributed by atoms with Gasteiger partial charge in [-0.2, -0.15) is 5.10 Å². The average Bonchev–Trinajstić information content (AvgIpc) is 2.71. The van der Waals surface area contributed by atoms with Gasteiger partial charge < -0.3 is 5.11 Å². The molecule has 1 heterocycles. The van der Waals surface area contributed by atoms with E-state index >= 15 is 0 Å². The molecule has 6 heteroatoms. The number of carboxylic acids is 1. The first-order valence-electron chi connectivity index (χ1n) is 4.06. The number of benzene rings is 1. The molecular formula is C9H6BrN3O2. The largest absolute Gasteiger partial charge is 0.478 e. The summed E-state index contributed by atoms with van der Waals surface area (Å²) in [5, 5.41) is 12.8. The van der Waals surface area contributed by atoms with Crippen molar-refractivity contribution in [1.82, 2.24) is 14.8 Å². The van der Waals surface area contributed by atoms with E-state index in [0.717, 1.165) is 0 Å². The summed E-state index contributed by atoms with van der Waals surface area (Å²) < 4.78 is 2.04. The molecule has 0 aliphatic carbocycles. The quantitative estimate of drug-likeness (QED) is 0.900. The number of halogens is 1. The minimum Gasteiger partial charge on any atom is -0.478 e. The van der Waals surface area contributed by atoms with E-state index in [0.29, 0.717) is 10.2 Å². The molecule has 0 fully saturated rings. The van der Waals surface area contributed by atoms with Gasteiger partial charge in [-0.3, -0.25) is 0 Å². The zero-order valence-electron chi connectivity index (χ0n) is 7.46. The Morgan fingerprint density at radius 1 is 1.47 bits per heavy atom. The Kier molecular flexibility index (Phi) is 2.51. The fraction of sp³-hybridized carbons (Fsp3) is 0. The van der Waals surface area contributed by atoms with Gasteiger partial charge in [0.1, 0.15) is 12.7 Å². The number of hydrogen-bond donors (Lipinski definition) is 1. The molecule has 0 spiro atoms. The Labute approximate surface area is 93.5 Å². The molecule has 0 bridgehead atoms. The Hall–Kier alpha value is -1.69. The normalized spacial score (nSPS) is 10.2. The summed E-state index contributed by atoms with van der Waals surface area (Å²) in [6, 6.07) is 4.95. The van der Waals surface area contributed by atoms with Gasteiger partial charge in [0.05, 0.1) is 11.3 Å². The maximum atomic E-state index is 10.9. The van der Waals surface area contributed by atoms with Gasteiger partial charge in [-0.1, -0.05) is 0 Å². The van der Waals surface area contributed by atoms with Gasteiger partial charge in [0.25, 0.3) is 0 Å². The van der Waals surface area contributed by atoms with Crippen LogP contribution in [0.15, 0.2) is 35.3 Å². The third kappa shape index (κ3) is 1.89. The smallest absolute Gasteiger partial charge is 0.336 e. The Balaban J connectivity index is 2.52. The first-order valence-corrected chi connectivity index (χ1v) is 4.85. The summed E-state index contributed by atoms with van der Waals surface area (Å²) in [5.41, 5.74) is 0.858. The zero-order chi connectivity index (χ0) is 10.8. The third-order valence-electron chi connectivity index (χ3n) is 1.86. The summed E-state index contributed by atoms with van der Waals surface area (Å²) in [7, 11) is 0. The van der Waals surface area contributed by atoms with E-state index in [4.69, 9.17) is 5.11 Å². The highest BCUT2D eigenvalue weighted by Gasteiger charge is 2.09. The lowest BCUT2D eigenvalue weighted by Gasteiger charge is -2.03. The summed E-state index contributed by atoms with van der Waals surface area (Å²) in [6.07, 6.45) is 2.90. The highest BCUT2D eigenvalue weighted by atomic mass is 79.9. The topological polar surface area (TPSA) is 68.0 Å². The third-order valence-corrected chi connectivity index (χ3v) is 2.56. The summed E-state index contributed by atoms with van der Waals surface area (Å²) in [5.74, 6) is -0.983. The van der Waals surface area contributed by atoms with Crippen LogP contribution >= 0.6 is 15.9 Å². The molecule has 0 amide bonds. The lowest BCUT2D eigenvalue weighted by molar-refractivity contribution is 0.0696. The van der Waals surface area contributed by atoms with Crippen molar-refractivity contribution in [2.24, 2.45) is 0 Å². The number of carboxylic acid groups (broad SMARTS) is 1. The van der Waals surface area contributed by atoms with Gasteiger partial charge in [0, 0.05) is 4.47 Å². The molecule has 2 rings (SSSR count). The van der Waals surface area contributed by atoms with Gasteiger partial charge in [-0.25, -0.2) is 14.5 Å². The highest BCUT2D eigenvalue weighted by Crippen LogP contribution is 2.19. The predicted octanol–water partition coefficient (Wildman–Crippen LogP) is 1.73. The van der Waals surface area contributed by atoms with Gasteiger partial charge in [0.2, 0.25) is 0 Å². The monoisotopic (exact) mass is 267 g/mol. The number of hydrogen-bond acceptors (Lipinski definition) is 3. The number of aromatic nitrogens is 3. The van der Waals surface area contributed by atoms with Gasteiger partial charge in [-0.05, 0) is 34.1 Å². The van der Waals surface area contributed by atoms with Crippen LogP contribution in [-0.4, -0.2) is 25.8 Å². The molecule has 0 saturated heterocycles. The van der Waals surface area contributed by atoms with E-state index in [1.54, 1.807) is 12.1 Å². The van der Waals surface area contributed by atoms with Crippen LogP contribution < -0.4 is 0 Å². The van der Waals surface area contributed by atoms with E-state index in [9.17, 15) is 4.79 Å². The molecular weight excluding hydrogens is 262 g/mol. The second kappa shape index (κ2) is 3.82. The molecule has 0 aliphatic heterocycles. The van der Waals surface area contributed by atoms with Crippen LogP contribution in [0.2, 0.25) is 0 Å². The van der Waals surface area contributed by atoms with E-state index in [-0.39, 0.29) is 5.56 Å². The van der Waals surface area contributed by atoms with Crippen LogP contribution in [0.5, 0.6) is 0 Å². The van der Waals surface area contributed by atoms with Crippen molar-refractivity contribution < 1.29 is 9.90 Å². The minimum absolute atomic E-state index is 0.197. The van der Waals surface area contributed by atoms with Crippen LogP contribution in [0.1, 0.15) is 10.4 Å². The molecule has 2 aromatic rings. The van der Waals surface area contributed by atoms with E-state index in [1.807, 2.05) is 0 Å². The van der Waals surface area contributed by atoms with Crippen LogP contribution in [0.3, 0.4) is 0 Å². The Morgan fingerprint density at radius 2 is 2.27 bits per heavy atom. The van der Waals surface area contributed by atoms with Crippen LogP contribution in [0.4, 0.5) is 0 Å². The van der Waals surface area contributed by atoms with Crippen molar-refractivity contribution >= 4 is 21.9 Å². The first kappa shape index (κ1) is 9.85. The van der Waals surface area contributed by atoms with Crippen LogP contribution in [0, 0.1) is 0 Å². The Morgan fingerprint density at radius 3 is 2.87 bits per heavy atom. The lowest BCUT2D eigenvalue weighted by Crippen LogP contribution is -2.01. The molecule has 0 saturated carbocycles. The standard InChI is InChI=1S/C9H6BrN3O2/c10-8-2-1-6(3-7(8)9(14)15)13-5-11-4-12-13/h1-5H,(H,14,15). The average molecular weight is 268 g/mol. The van der Waals surface area contributed by atoms with Gasteiger partial charge in [0.15, 0.2) is 0 Å². The number of carbonyl (C=O) groups is 1. The molecule has 0 unspecified atom stereocenters. The first-order chi connectivity index (χ1) is 7.18. The van der Waals surface area contributed by atoms with Crippen LogP contribution in [-0.2, 0) is 0 Å². The zero-order valence-corrected chi connectivity index (χ0v) is 9.05. The van der Waals surface area contributed by atoms with Gasteiger partial charge >= 0.3 is 5.97 Å².